The van der Waals surface area contributed by atoms with Crippen LogP contribution in [0.2, 0.25) is 0 Å². The lowest BCUT2D eigenvalue weighted by atomic mass is 10.3. The Balaban J connectivity index is 2.13. The fourth-order valence-corrected chi connectivity index (χ4v) is 2.61. The maximum atomic E-state index is 11.8. The third-order valence-corrected chi connectivity index (χ3v) is 3.77. The van der Waals surface area contributed by atoms with Gasteiger partial charge in [-0.15, -0.1) is 11.3 Å². The highest BCUT2D eigenvalue weighted by atomic mass is 79.9. The zero-order valence-electron chi connectivity index (χ0n) is 10.00. The third-order valence-electron chi connectivity index (χ3n) is 2.39. The zero-order valence-corrected chi connectivity index (χ0v) is 12.4. The second kappa shape index (κ2) is 6.02. The van der Waals surface area contributed by atoms with Crippen molar-refractivity contribution in [2.24, 2.45) is 0 Å². The average Bonchev–Trinajstić information content (AvgIpc) is 2.82. The summed E-state index contributed by atoms with van der Waals surface area (Å²) in [6, 6.07) is 4.43. The van der Waals surface area contributed by atoms with Gasteiger partial charge in [0.05, 0.1) is 5.69 Å². The molecular formula is C12H9BrN2O4S. The first-order valence-electron chi connectivity index (χ1n) is 5.44. The van der Waals surface area contributed by atoms with Crippen molar-refractivity contribution in [2.75, 3.05) is 5.32 Å². The normalized spacial score (nSPS) is 10.2. The Kier molecular flexibility index (Phi) is 4.35. The summed E-state index contributed by atoms with van der Waals surface area (Å²) in [5.41, 5.74) is -0.0809. The first kappa shape index (κ1) is 14.5. The minimum atomic E-state index is -1.10. The first-order chi connectivity index (χ1) is 9.47. The summed E-state index contributed by atoms with van der Waals surface area (Å²) in [4.78, 5) is 34.4. The maximum Gasteiger partial charge on any atom is 0.348 e. The third kappa shape index (κ3) is 3.34. The van der Waals surface area contributed by atoms with E-state index < -0.39 is 11.9 Å². The molecule has 0 aliphatic rings. The minimum absolute atomic E-state index is 0.0555. The van der Waals surface area contributed by atoms with E-state index in [0.717, 1.165) is 11.3 Å². The van der Waals surface area contributed by atoms with E-state index in [0.29, 0.717) is 4.47 Å². The molecule has 1 amide bonds. The number of nitrogens with one attached hydrogen (secondary N) is 1. The number of aromatic nitrogens is 1. The van der Waals surface area contributed by atoms with Gasteiger partial charge in [-0.2, -0.15) is 0 Å². The fraction of sp³-hybridized carbons (Fsp3) is 0.0833. The van der Waals surface area contributed by atoms with Crippen LogP contribution in [0.4, 0.5) is 5.69 Å². The number of carbonyl (C=O) groups is 2. The van der Waals surface area contributed by atoms with Crippen LogP contribution in [-0.2, 0) is 11.3 Å². The zero-order chi connectivity index (χ0) is 14.7. The summed E-state index contributed by atoms with van der Waals surface area (Å²) in [6.45, 7) is -0.187. The number of carboxylic acids is 1. The van der Waals surface area contributed by atoms with Gasteiger partial charge in [0.15, 0.2) is 0 Å². The molecule has 2 rings (SSSR count). The summed E-state index contributed by atoms with van der Waals surface area (Å²) >= 11 is 4.23. The molecule has 0 bridgehead atoms. The lowest BCUT2D eigenvalue weighted by molar-refractivity contribution is -0.116. The number of rotatable bonds is 4. The molecule has 6 nitrogen and oxygen atoms in total. The Bertz CT molecular complexity index is 722. The topological polar surface area (TPSA) is 88.4 Å². The molecule has 0 saturated heterocycles. The van der Waals surface area contributed by atoms with E-state index in [9.17, 15) is 14.4 Å². The standard InChI is InChI=1S/C12H9BrN2O4S/c13-7-1-2-10(17)15(5-7)6-9(16)14-8-3-4-20-11(8)12(18)19/h1-5H,6H2,(H,14,16)(H,18,19). The van der Waals surface area contributed by atoms with Gasteiger partial charge in [0, 0.05) is 16.7 Å². The number of amides is 1. The number of carboxylic acid groups (broad SMARTS) is 1. The second-order valence-electron chi connectivity index (χ2n) is 3.83. The maximum absolute atomic E-state index is 11.8. The Labute approximate surface area is 125 Å². The molecule has 0 atom stereocenters. The van der Waals surface area contributed by atoms with E-state index in [-0.39, 0.29) is 22.7 Å². The number of hydrogen-bond acceptors (Lipinski definition) is 4. The van der Waals surface area contributed by atoms with E-state index in [2.05, 4.69) is 21.2 Å². The Morgan fingerprint density at radius 2 is 2.10 bits per heavy atom. The summed E-state index contributed by atoms with van der Waals surface area (Å²) < 4.78 is 1.90. The van der Waals surface area contributed by atoms with Gasteiger partial charge in [-0.25, -0.2) is 4.79 Å². The molecule has 0 aliphatic heterocycles. The molecular weight excluding hydrogens is 348 g/mol. The van der Waals surface area contributed by atoms with Crippen LogP contribution in [0, 0.1) is 0 Å². The Morgan fingerprint density at radius 1 is 1.35 bits per heavy atom. The second-order valence-corrected chi connectivity index (χ2v) is 5.66. The number of nitrogens with zero attached hydrogens (tertiary/aromatic N) is 1. The predicted molar refractivity (Wildman–Crippen MR) is 78.3 cm³/mol. The molecule has 2 aromatic heterocycles. The van der Waals surface area contributed by atoms with E-state index >= 15 is 0 Å². The molecule has 0 spiro atoms. The van der Waals surface area contributed by atoms with Crippen molar-refractivity contribution in [2.45, 2.75) is 6.54 Å². The van der Waals surface area contributed by atoms with Crippen LogP contribution in [-0.4, -0.2) is 21.6 Å². The molecule has 2 N–H and O–H groups in total. The highest BCUT2D eigenvalue weighted by Gasteiger charge is 2.14. The molecule has 0 aliphatic carbocycles. The molecule has 0 fully saturated rings. The average molecular weight is 357 g/mol. The molecule has 2 aromatic rings. The monoisotopic (exact) mass is 356 g/mol. The molecule has 2 heterocycles. The number of aromatic carboxylic acids is 1. The van der Waals surface area contributed by atoms with E-state index in [4.69, 9.17) is 5.11 Å². The SMILES string of the molecule is O=C(Cn1cc(Br)ccc1=O)Nc1ccsc1C(=O)O. The van der Waals surface area contributed by atoms with Crippen LogP contribution in [0.25, 0.3) is 0 Å². The quantitative estimate of drug-likeness (QED) is 0.876. The Morgan fingerprint density at radius 3 is 2.80 bits per heavy atom. The summed E-state index contributed by atoms with van der Waals surface area (Å²) in [7, 11) is 0. The molecule has 8 heteroatoms. The number of thiophene rings is 1. The van der Waals surface area contributed by atoms with Crippen LogP contribution in [0.5, 0.6) is 0 Å². The lowest BCUT2D eigenvalue weighted by Crippen LogP contribution is -2.27. The van der Waals surface area contributed by atoms with Crippen molar-refractivity contribution >= 4 is 44.8 Å². The van der Waals surface area contributed by atoms with Gasteiger partial charge in [-0.3, -0.25) is 9.59 Å². The van der Waals surface area contributed by atoms with Gasteiger partial charge in [0.1, 0.15) is 11.4 Å². The minimum Gasteiger partial charge on any atom is -0.477 e. The number of hydrogen-bond donors (Lipinski definition) is 2. The van der Waals surface area contributed by atoms with Crippen molar-refractivity contribution in [1.29, 1.82) is 0 Å². The van der Waals surface area contributed by atoms with E-state index in [1.54, 1.807) is 11.4 Å². The van der Waals surface area contributed by atoms with Crippen LogP contribution in [0.15, 0.2) is 39.0 Å². The van der Waals surface area contributed by atoms with Crippen LogP contribution < -0.4 is 10.9 Å². The lowest BCUT2D eigenvalue weighted by Gasteiger charge is -2.07. The highest BCUT2D eigenvalue weighted by molar-refractivity contribution is 9.10. The molecule has 0 unspecified atom stereocenters. The van der Waals surface area contributed by atoms with Gasteiger partial charge >= 0.3 is 5.97 Å². The van der Waals surface area contributed by atoms with Gasteiger partial charge in [0.25, 0.3) is 5.56 Å². The number of carbonyl (C=O) groups excluding carboxylic acids is 1. The van der Waals surface area contributed by atoms with Gasteiger partial charge in [0.2, 0.25) is 5.91 Å². The van der Waals surface area contributed by atoms with Gasteiger partial charge in [-0.05, 0) is 33.4 Å². The fourth-order valence-electron chi connectivity index (χ4n) is 1.54. The summed E-state index contributed by atoms with van der Waals surface area (Å²) in [5.74, 6) is -1.57. The molecule has 0 aromatic carbocycles. The van der Waals surface area contributed by atoms with Crippen LogP contribution >= 0.6 is 27.3 Å². The van der Waals surface area contributed by atoms with Crippen molar-refractivity contribution < 1.29 is 14.7 Å². The van der Waals surface area contributed by atoms with Crippen molar-refractivity contribution in [3.05, 3.63) is 49.5 Å². The van der Waals surface area contributed by atoms with E-state index in [1.165, 1.54) is 22.9 Å². The summed E-state index contributed by atoms with van der Waals surface area (Å²) in [5, 5.41) is 13.0. The number of anilines is 1. The number of halogens is 1. The van der Waals surface area contributed by atoms with Crippen LogP contribution in [0.1, 0.15) is 9.67 Å². The first-order valence-corrected chi connectivity index (χ1v) is 7.11. The van der Waals surface area contributed by atoms with Crippen molar-refractivity contribution in [3.63, 3.8) is 0 Å². The van der Waals surface area contributed by atoms with Crippen molar-refractivity contribution in [1.82, 2.24) is 4.57 Å². The molecule has 0 saturated carbocycles. The summed E-state index contributed by atoms with van der Waals surface area (Å²) in [6.07, 6.45) is 1.49. The van der Waals surface area contributed by atoms with Gasteiger partial charge < -0.3 is 15.0 Å². The Hall–Kier alpha value is -1.93. The van der Waals surface area contributed by atoms with Crippen molar-refractivity contribution in [3.8, 4) is 0 Å². The van der Waals surface area contributed by atoms with E-state index in [1.807, 2.05) is 0 Å². The smallest absolute Gasteiger partial charge is 0.348 e. The predicted octanol–water partition coefficient (Wildman–Crippen LogP) is 2.01. The molecule has 20 heavy (non-hydrogen) atoms. The number of pyridine rings is 1. The van der Waals surface area contributed by atoms with Crippen LogP contribution in [0.3, 0.4) is 0 Å². The molecule has 0 radical (unpaired) electrons. The van der Waals surface area contributed by atoms with Gasteiger partial charge in [-0.1, -0.05) is 0 Å². The molecule has 104 valence electrons. The largest absolute Gasteiger partial charge is 0.477 e. The highest BCUT2D eigenvalue weighted by Crippen LogP contribution is 2.22.